The average Bonchev–Trinajstić information content (AvgIpc) is 2.27. The Morgan fingerprint density at radius 2 is 1.95 bits per heavy atom. The molecular formula is C11H8ClF5O2S. The van der Waals surface area contributed by atoms with Crippen LogP contribution in [0.3, 0.4) is 0 Å². The highest BCUT2D eigenvalue weighted by Gasteiger charge is 2.32. The van der Waals surface area contributed by atoms with E-state index in [1.165, 1.54) is 0 Å². The number of halogens is 6. The third-order valence-electron chi connectivity index (χ3n) is 2.06. The molecule has 0 saturated heterocycles. The number of carbonyl (C=O) groups excluding carboxylic acids is 1. The Labute approximate surface area is 120 Å². The van der Waals surface area contributed by atoms with Crippen molar-refractivity contribution in [2.45, 2.75) is 29.3 Å². The van der Waals surface area contributed by atoms with E-state index in [0.29, 0.717) is 0 Å². The Kier molecular flexibility index (Phi) is 5.64. The SMILES string of the molecule is CC(=O)C(Cl)c1ccc(OC(F)F)c(SC(F)(F)F)c1. The van der Waals surface area contributed by atoms with Crippen LogP contribution in [0.25, 0.3) is 0 Å². The molecule has 0 saturated carbocycles. The predicted molar refractivity (Wildman–Crippen MR) is 64.3 cm³/mol. The largest absolute Gasteiger partial charge is 0.446 e. The minimum atomic E-state index is -4.68. The first kappa shape index (κ1) is 17.0. The van der Waals surface area contributed by atoms with Gasteiger partial charge in [0.2, 0.25) is 0 Å². The number of carbonyl (C=O) groups is 1. The third-order valence-corrected chi connectivity index (χ3v) is 3.39. The van der Waals surface area contributed by atoms with E-state index in [4.69, 9.17) is 11.6 Å². The molecule has 0 aliphatic rings. The molecule has 112 valence electrons. The van der Waals surface area contributed by atoms with E-state index < -0.39 is 45.7 Å². The van der Waals surface area contributed by atoms with E-state index in [-0.39, 0.29) is 5.56 Å². The van der Waals surface area contributed by atoms with Gasteiger partial charge in [0.15, 0.2) is 5.78 Å². The fraction of sp³-hybridized carbons (Fsp3) is 0.364. The summed E-state index contributed by atoms with van der Waals surface area (Å²) in [6.45, 7) is -2.09. The minimum absolute atomic E-state index is 0.0764. The van der Waals surface area contributed by atoms with Gasteiger partial charge in [0.25, 0.3) is 0 Å². The third kappa shape index (κ3) is 5.16. The first-order valence-corrected chi connectivity index (χ1v) is 6.34. The van der Waals surface area contributed by atoms with E-state index in [1.807, 2.05) is 0 Å². The number of Topliss-reactive ketones (excluding diaryl/α,β-unsaturated/α-hetero) is 1. The standard InChI is InChI=1S/C11H8ClF5O2S/c1-5(18)9(12)6-2-3-7(19-10(13)14)8(4-6)20-11(15,16)17/h2-4,9-10H,1H3. The summed E-state index contributed by atoms with van der Waals surface area (Å²) in [4.78, 5) is 10.5. The topological polar surface area (TPSA) is 26.3 Å². The van der Waals surface area contributed by atoms with E-state index in [9.17, 15) is 26.7 Å². The Balaban J connectivity index is 3.17. The van der Waals surface area contributed by atoms with Crippen LogP contribution in [0.15, 0.2) is 23.1 Å². The number of ether oxygens (including phenoxy) is 1. The molecule has 1 unspecified atom stereocenters. The van der Waals surface area contributed by atoms with Crippen LogP contribution in [-0.2, 0) is 4.79 Å². The maximum atomic E-state index is 12.4. The first-order valence-electron chi connectivity index (χ1n) is 5.09. The van der Waals surface area contributed by atoms with E-state index in [1.54, 1.807) is 0 Å². The van der Waals surface area contributed by atoms with Crippen molar-refractivity contribution in [1.29, 1.82) is 0 Å². The summed E-state index contributed by atoms with van der Waals surface area (Å²) in [5, 5.41) is -1.15. The van der Waals surface area contributed by atoms with Gasteiger partial charge >= 0.3 is 12.1 Å². The van der Waals surface area contributed by atoms with E-state index in [0.717, 1.165) is 25.1 Å². The molecule has 2 nitrogen and oxygen atoms in total. The van der Waals surface area contributed by atoms with Crippen LogP contribution in [0.2, 0.25) is 0 Å². The summed E-state index contributed by atoms with van der Waals surface area (Å²) >= 11 is 5.10. The fourth-order valence-corrected chi connectivity index (χ4v) is 2.11. The normalized spacial score (nSPS) is 13.4. The summed E-state index contributed by atoms with van der Waals surface area (Å²) in [7, 11) is 0. The lowest BCUT2D eigenvalue weighted by Gasteiger charge is -2.14. The monoisotopic (exact) mass is 334 g/mol. The second-order valence-electron chi connectivity index (χ2n) is 3.61. The molecule has 0 aliphatic carbocycles. The number of alkyl halides is 6. The summed E-state index contributed by atoms with van der Waals surface area (Å²) in [5.74, 6) is -1.10. The molecule has 1 atom stereocenters. The summed E-state index contributed by atoms with van der Waals surface area (Å²) in [5.41, 5.74) is -4.61. The van der Waals surface area contributed by atoms with Crippen molar-refractivity contribution in [2.75, 3.05) is 0 Å². The smallest absolute Gasteiger partial charge is 0.434 e. The van der Waals surface area contributed by atoms with Crippen LogP contribution in [0.5, 0.6) is 5.75 Å². The Morgan fingerprint density at radius 1 is 1.35 bits per heavy atom. The highest BCUT2D eigenvalue weighted by atomic mass is 35.5. The first-order chi connectivity index (χ1) is 9.10. The van der Waals surface area contributed by atoms with Crippen LogP contribution in [-0.4, -0.2) is 17.9 Å². The van der Waals surface area contributed by atoms with Gasteiger partial charge in [0.1, 0.15) is 11.1 Å². The Hall–Kier alpha value is -1.02. The number of hydrogen-bond acceptors (Lipinski definition) is 3. The Bertz CT molecular complexity index is 492. The molecule has 0 spiro atoms. The highest BCUT2D eigenvalue weighted by molar-refractivity contribution is 8.00. The summed E-state index contributed by atoms with van der Waals surface area (Å²) in [6, 6.07) is 3.00. The molecule has 0 radical (unpaired) electrons. The molecule has 20 heavy (non-hydrogen) atoms. The van der Waals surface area contributed by atoms with E-state index >= 15 is 0 Å². The molecule has 0 bridgehead atoms. The molecule has 0 N–H and O–H groups in total. The quantitative estimate of drug-likeness (QED) is 0.441. The van der Waals surface area contributed by atoms with Crippen molar-refractivity contribution in [3.63, 3.8) is 0 Å². The van der Waals surface area contributed by atoms with Crippen molar-refractivity contribution >= 4 is 29.1 Å². The zero-order valence-electron chi connectivity index (χ0n) is 9.88. The molecule has 9 heteroatoms. The summed E-state index contributed by atoms with van der Waals surface area (Å²) in [6.07, 6.45) is 0. The second kappa shape index (κ2) is 6.62. The summed E-state index contributed by atoms with van der Waals surface area (Å²) < 4.78 is 65.4. The van der Waals surface area contributed by atoms with Gasteiger partial charge in [-0.05, 0) is 36.4 Å². The van der Waals surface area contributed by atoms with Gasteiger partial charge in [-0.25, -0.2) is 0 Å². The lowest BCUT2D eigenvalue weighted by atomic mass is 10.1. The number of hydrogen-bond donors (Lipinski definition) is 0. The van der Waals surface area contributed by atoms with E-state index in [2.05, 4.69) is 4.74 Å². The van der Waals surface area contributed by atoms with Crippen LogP contribution < -0.4 is 4.74 Å². The van der Waals surface area contributed by atoms with Gasteiger partial charge in [-0.15, -0.1) is 11.6 Å². The fourth-order valence-electron chi connectivity index (χ4n) is 1.31. The minimum Gasteiger partial charge on any atom is -0.434 e. The zero-order chi connectivity index (χ0) is 15.5. The molecule has 1 aromatic rings. The second-order valence-corrected chi connectivity index (χ2v) is 5.15. The number of ketones is 1. The van der Waals surface area contributed by atoms with Gasteiger partial charge in [-0.3, -0.25) is 4.79 Å². The molecular weight excluding hydrogens is 327 g/mol. The molecule has 0 amide bonds. The molecule has 1 rings (SSSR count). The highest BCUT2D eigenvalue weighted by Crippen LogP contribution is 2.43. The molecule has 0 fully saturated rings. The maximum absolute atomic E-state index is 12.4. The molecule has 1 aromatic carbocycles. The maximum Gasteiger partial charge on any atom is 0.446 e. The number of thioether (sulfide) groups is 1. The van der Waals surface area contributed by atoms with Gasteiger partial charge in [-0.2, -0.15) is 22.0 Å². The zero-order valence-corrected chi connectivity index (χ0v) is 11.5. The number of rotatable bonds is 5. The lowest BCUT2D eigenvalue weighted by molar-refractivity contribution is -0.116. The van der Waals surface area contributed by atoms with Gasteiger partial charge in [0.05, 0.1) is 4.90 Å². The van der Waals surface area contributed by atoms with Crippen molar-refractivity contribution in [2.24, 2.45) is 0 Å². The van der Waals surface area contributed by atoms with Crippen molar-refractivity contribution in [3.8, 4) is 5.75 Å². The van der Waals surface area contributed by atoms with Crippen molar-refractivity contribution in [1.82, 2.24) is 0 Å². The molecule has 0 aromatic heterocycles. The van der Waals surface area contributed by atoms with Gasteiger partial charge < -0.3 is 4.74 Å². The lowest BCUT2D eigenvalue weighted by Crippen LogP contribution is -2.07. The van der Waals surface area contributed by atoms with Crippen LogP contribution in [0, 0.1) is 0 Å². The molecule has 0 aliphatic heterocycles. The van der Waals surface area contributed by atoms with Gasteiger partial charge in [-0.1, -0.05) is 6.07 Å². The van der Waals surface area contributed by atoms with Crippen LogP contribution >= 0.6 is 23.4 Å². The van der Waals surface area contributed by atoms with Crippen molar-refractivity contribution < 1.29 is 31.5 Å². The van der Waals surface area contributed by atoms with Gasteiger partial charge in [0, 0.05) is 0 Å². The predicted octanol–water partition coefficient (Wildman–Crippen LogP) is 4.77. The van der Waals surface area contributed by atoms with Crippen LogP contribution in [0.1, 0.15) is 17.9 Å². The average molecular weight is 335 g/mol. The molecule has 0 heterocycles. The van der Waals surface area contributed by atoms with Crippen LogP contribution in [0.4, 0.5) is 22.0 Å². The van der Waals surface area contributed by atoms with Crippen molar-refractivity contribution in [3.05, 3.63) is 23.8 Å². The Morgan fingerprint density at radius 3 is 2.40 bits per heavy atom. The number of benzene rings is 1.